The van der Waals surface area contributed by atoms with Crippen LogP contribution in [0.2, 0.25) is 5.02 Å². The molecule has 17 heavy (non-hydrogen) atoms. The van der Waals surface area contributed by atoms with Crippen molar-refractivity contribution in [1.82, 2.24) is 0 Å². The Labute approximate surface area is 108 Å². The fourth-order valence-corrected chi connectivity index (χ4v) is 2.27. The Kier molecular flexibility index (Phi) is 3.95. The highest BCUT2D eigenvalue weighted by Gasteiger charge is 2.25. The van der Waals surface area contributed by atoms with E-state index in [0.717, 1.165) is 23.7 Å². The molecule has 94 valence electrons. The number of benzene rings is 1. The number of nitrogens with zero attached hydrogens (tertiary/aromatic N) is 1. The number of halogens is 1. The van der Waals surface area contributed by atoms with Gasteiger partial charge >= 0.3 is 0 Å². The minimum atomic E-state index is 0.00339. The van der Waals surface area contributed by atoms with E-state index in [0.29, 0.717) is 11.1 Å². The predicted molar refractivity (Wildman–Crippen MR) is 72.6 cm³/mol. The average molecular weight is 254 g/mol. The first kappa shape index (κ1) is 12.7. The van der Waals surface area contributed by atoms with Crippen LogP contribution in [0, 0.1) is 5.92 Å². The molecule has 1 aromatic carbocycles. The van der Waals surface area contributed by atoms with Crippen LogP contribution in [-0.2, 0) is 6.61 Å². The Hall–Kier alpha value is -0.730. The largest absolute Gasteiger partial charge is 0.392 e. The van der Waals surface area contributed by atoms with Gasteiger partial charge in [0.1, 0.15) is 0 Å². The van der Waals surface area contributed by atoms with Gasteiger partial charge in [-0.05, 0) is 50.3 Å². The van der Waals surface area contributed by atoms with E-state index in [-0.39, 0.29) is 6.61 Å². The Balaban J connectivity index is 2.19. The second kappa shape index (κ2) is 5.28. The fraction of sp³-hybridized carbons (Fsp3) is 0.571. The minimum absolute atomic E-state index is 0.00339. The lowest BCUT2D eigenvalue weighted by Gasteiger charge is -2.29. The number of rotatable bonds is 5. The molecule has 1 fully saturated rings. The topological polar surface area (TPSA) is 23.5 Å². The molecular formula is C14H20ClNO. The van der Waals surface area contributed by atoms with Crippen molar-refractivity contribution in [3.8, 4) is 0 Å². The van der Waals surface area contributed by atoms with Gasteiger partial charge in [-0.25, -0.2) is 0 Å². The van der Waals surface area contributed by atoms with Crippen molar-refractivity contribution in [2.45, 2.75) is 39.3 Å². The summed E-state index contributed by atoms with van der Waals surface area (Å²) in [5.74, 6) is 0.855. The maximum absolute atomic E-state index is 9.11. The van der Waals surface area contributed by atoms with Crippen LogP contribution in [0.25, 0.3) is 0 Å². The average Bonchev–Trinajstić information content (AvgIpc) is 3.09. The highest BCUT2D eigenvalue weighted by Crippen LogP contribution is 2.33. The molecule has 0 saturated heterocycles. The fourth-order valence-electron chi connectivity index (χ4n) is 2.04. The van der Waals surface area contributed by atoms with Crippen molar-refractivity contribution in [3.63, 3.8) is 0 Å². The maximum Gasteiger partial charge on any atom is 0.0696 e. The Morgan fingerprint density at radius 1 is 1.41 bits per heavy atom. The van der Waals surface area contributed by atoms with Crippen LogP contribution < -0.4 is 4.90 Å². The van der Waals surface area contributed by atoms with Gasteiger partial charge in [0.05, 0.1) is 6.61 Å². The zero-order valence-electron chi connectivity index (χ0n) is 10.5. The van der Waals surface area contributed by atoms with E-state index >= 15 is 0 Å². The lowest BCUT2D eigenvalue weighted by molar-refractivity contribution is 0.282. The molecule has 3 heteroatoms. The van der Waals surface area contributed by atoms with Gasteiger partial charge < -0.3 is 10.0 Å². The summed E-state index contributed by atoms with van der Waals surface area (Å²) in [6, 6.07) is 6.42. The third-order valence-electron chi connectivity index (χ3n) is 3.31. The van der Waals surface area contributed by atoms with E-state index in [4.69, 9.17) is 16.7 Å². The van der Waals surface area contributed by atoms with Gasteiger partial charge in [0.15, 0.2) is 0 Å². The molecule has 0 bridgehead atoms. The standard InChI is InChI=1S/C14H20ClNO/c1-10(2)16(8-11-3-4-11)13-6-5-12(9-17)14(15)7-13/h5-7,10-11,17H,3-4,8-9H2,1-2H3. The van der Waals surface area contributed by atoms with Crippen molar-refractivity contribution in [1.29, 1.82) is 0 Å². The highest BCUT2D eigenvalue weighted by atomic mass is 35.5. The summed E-state index contributed by atoms with van der Waals surface area (Å²) in [7, 11) is 0. The molecule has 0 atom stereocenters. The monoisotopic (exact) mass is 253 g/mol. The zero-order valence-corrected chi connectivity index (χ0v) is 11.2. The van der Waals surface area contributed by atoms with Gasteiger partial charge in [0.2, 0.25) is 0 Å². The molecule has 1 aliphatic rings. The van der Waals surface area contributed by atoms with E-state index in [2.05, 4.69) is 24.8 Å². The van der Waals surface area contributed by atoms with Gasteiger partial charge in [-0.15, -0.1) is 0 Å². The Bertz CT molecular complexity index is 388. The number of hydrogen-bond donors (Lipinski definition) is 1. The summed E-state index contributed by atoms with van der Waals surface area (Å²) in [6.07, 6.45) is 2.71. The van der Waals surface area contributed by atoms with E-state index in [1.54, 1.807) is 0 Å². The summed E-state index contributed by atoms with van der Waals surface area (Å²) in [5, 5.41) is 9.77. The summed E-state index contributed by atoms with van der Waals surface area (Å²) in [6.45, 7) is 5.53. The number of anilines is 1. The van der Waals surface area contributed by atoms with Crippen molar-refractivity contribution in [2.24, 2.45) is 5.92 Å². The molecule has 0 spiro atoms. The van der Waals surface area contributed by atoms with Crippen LogP contribution in [0.3, 0.4) is 0 Å². The number of aliphatic hydroxyl groups excluding tert-OH is 1. The summed E-state index contributed by atoms with van der Waals surface area (Å²) in [5.41, 5.74) is 1.96. The molecule has 1 saturated carbocycles. The van der Waals surface area contributed by atoms with E-state index in [9.17, 15) is 0 Å². The van der Waals surface area contributed by atoms with Gasteiger partial charge in [-0.3, -0.25) is 0 Å². The van der Waals surface area contributed by atoms with Crippen LogP contribution in [0.1, 0.15) is 32.3 Å². The first-order valence-electron chi connectivity index (χ1n) is 6.27. The summed E-state index contributed by atoms with van der Waals surface area (Å²) in [4.78, 5) is 2.39. The van der Waals surface area contributed by atoms with Gasteiger partial charge in [0.25, 0.3) is 0 Å². The third kappa shape index (κ3) is 3.14. The Morgan fingerprint density at radius 2 is 2.12 bits per heavy atom. The van der Waals surface area contributed by atoms with Crippen LogP contribution >= 0.6 is 11.6 Å². The van der Waals surface area contributed by atoms with E-state index in [1.165, 1.54) is 12.8 Å². The van der Waals surface area contributed by atoms with E-state index < -0.39 is 0 Å². The molecule has 1 aliphatic carbocycles. The second-order valence-electron chi connectivity index (χ2n) is 5.12. The molecule has 0 heterocycles. The molecule has 0 aromatic heterocycles. The quantitative estimate of drug-likeness (QED) is 0.869. The van der Waals surface area contributed by atoms with Crippen molar-refractivity contribution in [3.05, 3.63) is 28.8 Å². The molecule has 0 unspecified atom stereocenters. The molecule has 0 amide bonds. The van der Waals surface area contributed by atoms with Crippen molar-refractivity contribution < 1.29 is 5.11 Å². The Morgan fingerprint density at radius 3 is 2.59 bits per heavy atom. The molecule has 0 aliphatic heterocycles. The first-order chi connectivity index (χ1) is 8.11. The normalized spacial score (nSPS) is 15.4. The van der Waals surface area contributed by atoms with E-state index in [1.807, 2.05) is 12.1 Å². The van der Waals surface area contributed by atoms with Crippen molar-refractivity contribution >= 4 is 17.3 Å². The third-order valence-corrected chi connectivity index (χ3v) is 3.67. The maximum atomic E-state index is 9.11. The highest BCUT2D eigenvalue weighted by molar-refractivity contribution is 6.31. The molecule has 2 rings (SSSR count). The first-order valence-corrected chi connectivity index (χ1v) is 6.65. The SMILES string of the molecule is CC(C)N(CC1CC1)c1ccc(CO)c(Cl)c1. The number of hydrogen-bond acceptors (Lipinski definition) is 2. The van der Waals surface area contributed by atoms with Gasteiger partial charge in [-0.2, -0.15) is 0 Å². The van der Waals surface area contributed by atoms with Crippen LogP contribution in [0.5, 0.6) is 0 Å². The second-order valence-corrected chi connectivity index (χ2v) is 5.53. The van der Waals surface area contributed by atoms with Gasteiger partial charge in [-0.1, -0.05) is 17.7 Å². The lowest BCUT2D eigenvalue weighted by atomic mass is 10.1. The van der Waals surface area contributed by atoms with Crippen LogP contribution in [0.4, 0.5) is 5.69 Å². The lowest BCUT2D eigenvalue weighted by Crippen LogP contribution is -2.32. The minimum Gasteiger partial charge on any atom is -0.392 e. The van der Waals surface area contributed by atoms with Crippen LogP contribution in [0.15, 0.2) is 18.2 Å². The number of aliphatic hydroxyl groups is 1. The molecule has 0 radical (unpaired) electrons. The van der Waals surface area contributed by atoms with Crippen molar-refractivity contribution in [2.75, 3.05) is 11.4 Å². The zero-order chi connectivity index (χ0) is 12.4. The molecule has 1 N–H and O–H groups in total. The summed E-state index contributed by atoms with van der Waals surface area (Å²) >= 11 is 6.14. The molecule has 2 nitrogen and oxygen atoms in total. The smallest absolute Gasteiger partial charge is 0.0696 e. The summed E-state index contributed by atoms with van der Waals surface area (Å²) < 4.78 is 0. The predicted octanol–water partition coefficient (Wildman–Crippen LogP) is 3.46. The van der Waals surface area contributed by atoms with Gasteiger partial charge in [0, 0.05) is 23.3 Å². The van der Waals surface area contributed by atoms with Crippen LogP contribution in [-0.4, -0.2) is 17.7 Å². The molecular weight excluding hydrogens is 234 g/mol. The molecule has 1 aromatic rings.